The van der Waals surface area contributed by atoms with E-state index in [1.807, 2.05) is 36.4 Å². The Hall–Kier alpha value is -4.28. The molecule has 4 atom stereocenters. The number of aliphatic hydroxyl groups excluding tert-OH is 1. The minimum Gasteiger partial charge on any atom is -0.460 e. The lowest BCUT2D eigenvalue weighted by Crippen LogP contribution is -2.40. The third kappa shape index (κ3) is 7.37. The number of carbonyl (C=O) groups is 2. The Labute approximate surface area is 219 Å². The highest BCUT2D eigenvalue weighted by Gasteiger charge is 2.38. The zero-order valence-corrected chi connectivity index (χ0v) is 20.6. The summed E-state index contributed by atoms with van der Waals surface area (Å²) in [6.45, 7) is -0.126. The summed E-state index contributed by atoms with van der Waals surface area (Å²) in [7, 11) is 0. The van der Waals surface area contributed by atoms with E-state index >= 15 is 0 Å². The van der Waals surface area contributed by atoms with Gasteiger partial charge in [-0.15, -0.1) is 0 Å². The molecular weight excluding hydrogens is 490 g/mol. The second kappa shape index (κ2) is 13.3. The van der Waals surface area contributed by atoms with Gasteiger partial charge < -0.3 is 29.4 Å². The molecule has 198 valence electrons. The Morgan fingerprint density at radius 2 is 1.37 bits per heavy atom. The maximum absolute atomic E-state index is 13.2. The number of carbonyl (C=O) groups excluding carboxylic acids is 2. The first-order valence-corrected chi connectivity index (χ1v) is 12.1. The Morgan fingerprint density at radius 3 is 1.92 bits per heavy atom. The Balaban J connectivity index is 1.53. The number of aliphatic hydroxyl groups is 1. The molecule has 0 amide bonds. The average molecular weight is 520 g/mol. The first-order chi connectivity index (χ1) is 18.5. The summed E-state index contributed by atoms with van der Waals surface area (Å²) in [6.07, 6.45) is 4.53. The Kier molecular flexibility index (Phi) is 9.38. The molecule has 0 fully saturated rings. The minimum absolute atomic E-state index is 0.0303. The Morgan fingerprint density at radius 1 is 0.816 bits per heavy atom. The number of ether oxygens (including phenoxy) is 2. The van der Waals surface area contributed by atoms with Gasteiger partial charge in [0.05, 0.1) is 24.4 Å². The highest BCUT2D eigenvalue weighted by molar-refractivity contribution is 5.75. The van der Waals surface area contributed by atoms with Gasteiger partial charge in [-0.25, -0.2) is 0 Å². The first-order valence-electron chi connectivity index (χ1n) is 12.1. The van der Waals surface area contributed by atoms with Crippen LogP contribution in [-0.4, -0.2) is 33.5 Å². The molecule has 4 rings (SSSR count). The molecule has 10 nitrogen and oxygen atoms in total. The van der Waals surface area contributed by atoms with Gasteiger partial charge in [0.15, 0.2) is 0 Å². The molecule has 2 aromatic heterocycles. The smallest absolute Gasteiger partial charge is 0.313 e. The molecule has 0 saturated heterocycles. The molecule has 1 unspecified atom stereocenters. The van der Waals surface area contributed by atoms with Gasteiger partial charge in [-0.05, 0) is 24.0 Å². The fourth-order valence-electron chi connectivity index (χ4n) is 4.14. The monoisotopic (exact) mass is 519 g/mol. The van der Waals surface area contributed by atoms with Crippen LogP contribution in [0.3, 0.4) is 0 Å². The molecule has 2 aromatic carbocycles. The zero-order valence-electron chi connectivity index (χ0n) is 20.6. The normalized spacial score (nSPS) is 14.3. The molecule has 0 radical (unpaired) electrons. The van der Waals surface area contributed by atoms with Crippen molar-refractivity contribution >= 4 is 11.9 Å². The first kappa shape index (κ1) is 26.8. The van der Waals surface area contributed by atoms with Crippen molar-refractivity contribution in [3.63, 3.8) is 0 Å². The maximum Gasteiger partial charge on any atom is 0.313 e. The predicted octanol–water partition coefficient (Wildman–Crippen LogP) is 3.38. The SMILES string of the molecule is NC(c1ccccc1)[C@H](C(=O)OCc1cnoc1)[C@@H](O)C[C@H](Cc1ccccc1)C(=O)OCc1cnoc1. The summed E-state index contributed by atoms with van der Waals surface area (Å²) >= 11 is 0. The minimum atomic E-state index is -1.31. The summed E-state index contributed by atoms with van der Waals surface area (Å²) < 4.78 is 20.5. The zero-order chi connectivity index (χ0) is 26.7. The van der Waals surface area contributed by atoms with E-state index in [0.717, 1.165) is 5.56 Å². The van der Waals surface area contributed by atoms with Gasteiger partial charge >= 0.3 is 11.9 Å². The number of aromatic nitrogens is 2. The van der Waals surface area contributed by atoms with Crippen molar-refractivity contribution in [3.05, 3.63) is 108 Å². The number of rotatable bonds is 13. The van der Waals surface area contributed by atoms with Crippen molar-refractivity contribution in [2.45, 2.75) is 38.2 Å². The number of esters is 2. The van der Waals surface area contributed by atoms with E-state index in [1.54, 1.807) is 24.3 Å². The van der Waals surface area contributed by atoms with E-state index in [0.29, 0.717) is 23.1 Å². The average Bonchev–Trinajstić information content (AvgIpc) is 3.66. The second-order valence-corrected chi connectivity index (χ2v) is 8.93. The molecule has 38 heavy (non-hydrogen) atoms. The number of benzene rings is 2. The van der Waals surface area contributed by atoms with Crippen molar-refractivity contribution < 1.29 is 33.2 Å². The van der Waals surface area contributed by atoms with E-state index in [1.165, 1.54) is 24.9 Å². The summed E-state index contributed by atoms with van der Waals surface area (Å²) in [5.41, 5.74) is 9.17. The van der Waals surface area contributed by atoms with Crippen LogP contribution in [0.5, 0.6) is 0 Å². The fraction of sp³-hybridized carbons (Fsp3) is 0.286. The molecule has 0 spiro atoms. The molecule has 2 heterocycles. The van der Waals surface area contributed by atoms with E-state index in [-0.39, 0.29) is 19.6 Å². The standard InChI is InChI=1S/C28H29N3O7/c29-26(22-9-5-2-6-10-22)25(28(34)36-16-21-14-31-38-18-21)24(32)12-23(11-19-7-3-1-4-8-19)27(33)35-15-20-13-30-37-17-20/h1-10,13-14,17-18,23-26,32H,11-12,15-16,29H2/t23-,24-,25+,26?/m0/s1. The van der Waals surface area contributed by atoms with Crippen LogP contribution in [0.4, 0.5) is 0 Å². The highest BCUT2D eigenvalue weighted by Crippen LogP contribution is 2.29. The van der Waals surface area contributed by atoms with Crippen LogP contribution in [0.15, 0.2) is 94.6 Å². The third-order valence-electron chi connectivity index (χ3n) is 6.17. The largest absolute Gasteiger partial charge is 0.460 e. The molecule has 4 aromatic rings. The van der Waals surface area contributed by atoms with Gasteiger partial charge in [-0.2, -0.15) is 0 Å². The summed E-state index contributed by atoms with van der Waals surface area (Å²) in [5, 5.41) is 18.6. The van der Waals surface area contributed by atoms with E-state index in [4.69, 9.17) is 24.3 Å². The van der Waals surface area contributed by atoms with Crippen LogP contribution in [0, 0.1) is 11.8 Å². The molecular formula is C28H29N3O7. The lowest BCUT2D eigenvalue weighted by atomic mass is 9.83. The van der Waals surface area contributed by atoms with Crippen molar-refractivity contribution in [1.29, 1.82) is 0 Å². The molecule has 0 aliphatic carbocycles. The van der Waals surface area contributed by atoms with Crippen molar-refractivity contribution in [1.82, 2.24) is 10.3 Å². The molecule has 0 saturated carbocycles. The Bertz CT molecular complexity index is 1250. The van der Waals surface area contributed by atoms with Gasteiger partial charge in [0, 0.05) is 17.2 Å². The van der Waals surface area contributed by atoms with Crippen LogP contribution in [0.1, 0.15) is 34.7 Å². The van der Waals surface area contributed by atoms with Gasteiger partial charge in [0.1, 0.15) is 31.7 Å². The van der Waals surface area contributed by atoms with Gasteiger partial charge in [-0.1, -0.05) is 71.0 Å². The van der Waals surface area contributed by atoms with Gasteiger partial charge in [-0.3, -0.25) is 9.59 Å². The van der Waals surface area contributed by atoms with Gasteiger partial charge in [0.25, 0.3) is 0 Å². The lowest BCUT2D eigenvalue weighted by Gasteiger charge is -2.29. The van der Waals surface area contributed by atoms with Crippen LogP contribution >= 0.6 is 0 Å². The number of nitrogens with two attached hydrogens (primary N) is 1. The van der Waals surface area contributed by atoms with Crippen LogP contribution in [-0.2, 0) is 38.7 Å². The second-order valence-electron chi connectivity index (χ2n) is 8.93. The summed E-state index contributed by atoms with van der Waals surface area (Å²) in [6, 6.07) is 17.4. The highest BCUT2D eigenvalue weighted by atomic mass is 16.5. The number of nitrogens with zero attached hydrogens (tertiary/aromatic N) is 2. The summed E-state index contributed by atoms with van der Waals surface area (Å²) in [4.78, 5) is 26.4. The lowest BCUT2D eigenvalue weighted by molar-refractivity contribution is -0.159. The van der Waals surface area contributed by atoms with Crippen molar-refractivity contribution in [3.8, 4) is 0 Å². The molecule has 0 aliphatic heterocycles. The number of hydrogen-bond donors (Lipinski definition) is 2. The van der Waals surface area contributed by atoms with Crippen LogP contribution in [0.2, 0.25) is 0 Å². The number of hydrogen-bond acceptors (Lipinski definition) is 10. The van der Waals surface area contributed by atoms with Gasteiger partial charge in [0.2, 0.25) is 0 Å². The molecule has 10 heteroatoms. The van der Waals surface area contributed by atoms with E-state index in [9.17, 15) is 14.7 Å². The van der Waals surface area contributed by atoms with Crippen molar-refractivity contribution in [2.75, 3.05) is 0 Å². The topological polar surface area (TPSA) is 151 Å². The van der Waals surface area contributed by atoms with E-state index in [2.05, 4.69) is 10.3 Å². The quantitative estimate of drug-likeness (QED) is 0.252. The summed E-state index contributed by atoms with van der Waals surface area (Å²) in [5.74, 6) is -3.14. The third-order valence-corrected chi connectivity index (χ3v) is 6.17. The maximum atomic E-state index is 13.2. The van der Waals surface area contributed by atoms with Crippen LogP contribution in [0.25, 0.3) is 0 Å². The fourth-order valence-corrected chi connectivity index (χ4v) is 4.14. The van der Waals surface area contributed by atoms with Crippen LogP contribution < -0.4 is 5.73 Å². The molecule has 0 aliphatic rings. The predicted molar refractivity (Wildman–Crippen MR) is 134 cm³/mol. The van der Waals surface area contributed by atoms with Crippen molar-refractivity contribution in [2.24, 2.45) is 17.6 Å². The van der Waals surface area contributed by atoms with E-state index < -0.39 is 35.9 Å². The molecule has 3 N–H and O–H groups in total. The molecule has 0 bridgehead atoms.